The van der Waals surface area contributed by atoms with Gasteiger partial charge in [-0.2, -0.15) is 0 Å². The van der Waals surface area contributed by atoms with Gasteiger partial charge in [0.2, 0.25) is 11.8 Å². The minimum absolute atomic E-state index is 0.0329. The van der Waals surface area contributed by atoms with Gasteiger partial charge >= 0.3 is 0 Å². The SMILES string of the molecule is CCCCc1ccc(CC(=O)N2CCNC(=O)CC2)cc1. The first kappa shape index (κ1) is 15.5. The van der Waals surface area contributed by atoms with Gasteiger partial charge in [0.25, 0.3) is 0 Å². The molecule has 114 valence electrons. The Hall–Kier alpha value is -1.84. The standard InChI is InChI=1S/C17H24N2O2/c1-2-3-4-14-5-7-15(8-6-14)13-17(21)19-11-9-16(20)18-10-12-19/h5-8H,2-4,9-13H2,1H3,(H,18,20). The van der Waals surface area contributed by atoms with E-state index in [1.807, 2.05) is 12.1 Å². The fraction of sp³-hybridized carbons (Fsp3) is 0.529. The highest BCUT2D eigenvalue weighted by Gasteiger charge is 2.18. The average molecular weight is 288 g/mol. The Labute approximate surface area is 126 Å². The highest BCUT2D eigenvalue weighted by Crippen LogP contribution is 2.10. The predicted molar refractivity (Wildman–Crippen MR) is 83.0 cm³/mol. The van der Waals surface area contributed by atoms with E-state index in [-0.39, 0.29) is 11.8 Å². The molecule has 1 fully saturated rings. The van der Waals surface area contributed by atoms with Gasteiger partial charge in [-0.15, -0.1) is 0 Å². The summed E-state index contributed by atoms with van der Waals surface area (Å²) in [6.45, 7) is 3.88. The summed E-state index contributed by atoms with van der Waals surface area (Å²) in [5, 5.41) is 2.79. The topological polar surface area (TPSA) is 49.4 Å². The Morgan fingerprint density at radius 3 is 2.62 bits per heavy atom. The lowest BCUT2D eigenvalue weighted by molar-refractivity contribution is -0.130. The lowest BCUT2D eigenvalue weighted by atomic mass is 10.0. The summed E-state index contributed by atoms with van der Waals surface area (Å²) in [6.07, 6.45) is 4.32. The number of rotatable bonds is 5. The molecule has 0 spiro atoms. The van der Waals surface area contributed by atoms with E-state index in [0.29, 0.717) is 32.5 Å². The van der Waals surface area contributed by atoms with Crippen LogP contribution < -0.4 is 5.32 Å². The van der Waals surface area contributed by atoms with Crippen LogP contribution in [0.15, 0.2) is 24.3 Å². The molecule has 1 heterocycles. The number of amides is 2. The van der Waals surface area contributed by atoms with Crippen molar-refractivity contribution in [3.05, 3.63) is 35.4 Å². The Morgan fingerprint density at radius 1 is 1.19 bits per heavy atom. The molecule has 0 bridgehead atoms. The number of carbonyl (C=O) groups is 2. The Kier molecular flexibility index (Phi) is 5.78. The quantitative estimate of drug-likeness (QED) is 0.900. The van der Waals surface area contributed by atoms with Gasteiger partial charge in [-0.1, -0.05) is 37.6 Å². The molecule has 0 unspecified atom stereocenters. The molecular weight excluding hydrogens is 264 g/mol. The second-order valence-corrected chi connectivity index (χ2v) is 5.58. The number of benzene rings is 1. The highest BCUT2D eigenvalue weighted by molar-refractivity contribution is 5.81. The molecule has 21 heavy (non-hydrogen) atoms. The summed E-state index contributed by atoms with van der Waals surface area (Å²) in [5.74, 6) is 0.137. The molecule has 2 rings (SSSR count). The van der Waals surface area contributed by atoms with Gasteiger partial charge in [-0.25, -0.2) is 0 Å². The molecule has 1 saturated heterocycles. The predicted octanol–water partition coefficient (Wildman–Crippen LogP) is 1.92. The molecule has 0 radical (unpaired) electrons. The number of nitrogens with zero attached hydrogens (tertiary/aromatic N) is 1. The van der Waals surface area contributed by atoms with Crippen molar-refractivity contribution in [2.45, 2.75) is 39.0 Å². The fourth-order valence-corrected chi connectivity index (χ4v) is 2.51. The molecule has 1 aromatic carbocycles. The minimum Gasteiger partial charge on any atom is -0.354 e. The van der Waals surface area contributed by atoms with Crippen molar-refractivity contribution in [2.75, 3.05) is 19.6 Å². The number of hydrogen-bond acceptors (Lipinski definition) is 2. The van der Waals surface area contributed by atoms with Crippen LogP contribution in [-0.4, -0.2) is 36.3 Å². The van der Waals surface area contributed by atoms with Crippen LogP contribution in [-0.2, 0) is 22.4 Å². The normalized spacial score (nSPS) is 15.5. The van der Waals surface area contributed by atoms with Gasteiger partial charge in [0, 0.05) is 26.1 Å². The Morgan fingerprint density at radius 2 is 1.90 bits per heavy atom. The molecule has 1 aliphatic rings. The molecule has 1 aromatic rings. The van der Waals surface area contributed by atoms with E-state index in [4.69, 9.17) is 0 Å². The van der Waals surface area contributed by atoms with Crippen LogP contribution in [0.3, 0.4) is 0 Å². The van der Waals surface area contributed by atoms with Gasteiger partial charge in [0.05, 0.1) is 6.42 Å². The zero-order valence-corrected chi connectivity index (χ0v) is 12.7. The lowest BCUT2D eigenvalue weighted by Crippen LogP contribution is -2.35. The summed E-state index contributed by atoms with van der Waals surface area (Å²) >= 11 is 0. The Balaban J connectivity index is 1.88. The van der Waals surface area contributed by atoms with Crippen LogP contribution in [0.4, 0.5) is 0 Å². The molecule has 0 aliphatic carbocycles. The third-order valence-corrected chi connectivity index (χ3v) is 3.86. The monoisotopic (exact) mass is 288 g/mol. The highest BCUT2D eigenvalue weighted by atomic mass is 16.2. The van der Waals surface area contributed by atoms with E-state index in [9.17, 15) is 9.59 Å². The molecule has 4 nitrogen and oxygen atoms in total. The first-order valence-corrected chi connectivity index (χ1v) is 7.81. The van der Waals surface area contributed by atoms with Gasteiger partial charge < -0.3 is 10.2 Å². The molecule has 2 amide bonds. The van der Waals surface area contributed by atoms with E-state index in [1.165, 1.54) is 18.4 Å². The van der Waals surface area contributed by atoms with Crippen LogP contribution in [0.1, 0.15) is 37.3 Å². The van der Waals surface area contributed by atoms with Crippen LogP contribution >= 0.6 is 0 Å². The lowest BCUT2D eigenvalue weighted by Gasteiger charge is -2.19. The molecule has 0 aromatic heterocycles. The van der Waals surface area contributed by atoms with Crippen LogP contribution in [0, 0.1) is 0 Å². The summed E-state index contributed by atoms with van der Waals surface area (Å²) in [7, 11) is 0. The number of unbranched alkanes of at least 4 members (excludes halogenated alkanes) is 1. The molecule has 1 N–H and O–H groups in total. The summed E-state index contributed by atoms with van der Waals surface area (Å²) in [4.78, 5) is 25.3. The number of carbonyl (C=O) groups excluding carboxylic acids is 2. The first-order valence-electron chi connectivity index (χ1n) is 7.81. The van der Waals surface area contributed by atoms with E-state index in [0.717, 1.165) is 12.0 Å². The average Bonchev–Trinajstić information content (AvgIpc) is 2.71. The van der Waals surface area contributed by atoms with Crippen molar-refractivity contribution in [1.29, 1.82) is 0 Å². The van der Waals surface area contributed by atoms with Gasteiger partial charge in [0.15, 0.2) is 0 Å². The number of nitrogens with one attached hydrogen (secondary N) is 1. The van der Waals surface area contributed by atoms with Gasteiger partial charge in [0.1, 0.15) is 0 Å². The van der Waals surface area contributed by atoms with E-state index in [1.54, 1.807) is 4.90 Å². The van der Waals surface area contributed by atoms with E-state index >= 15 is 0 Å². The van der Waals surface area contributed by atoms with Crippen molar-refractivity contribution < 1.29 is 9.59 Å². The smallest absolute Gasteiger partial charge is 0.227 e. The van der Waals surface area contributed by atoms with Crippen molar-refractivity contribution in [1.82, 2.24) is 10.2 Å². The maximum absolute atomic E-state index is 12.3. The van der Waals surface area contributed by atoms with Crippen LogP contribution in [0.25, 0.3) is 0 Å². The second kappa shape index (κ2) is 7.81. The van der Waals surface area contributed by atoms with Crippen molar-refractivity contribution in [3.63, 3.8) is 0 Å². The summed E-state index contributed by atoms with van der Waals surface area (Å²) in [5.41, 5.74) is 2.38. The first-order chi connectivity index (χ1) is 10.2. The fourth-order valence-electron chi connectivity index (χ4n) is 2.51. The largest absolute Gasteiger partial charge is 0.354 e. The second-order valence-electron chi connectivity index (χ2n) is 5.58. The number of hydrogen-bond donors (Lipinski definition) is 1. The Bertz CT molecular complexity index is 482. The van der Waals surface area contributed by atoms with E-state index in [2.05, 4.69) is 24.4 Å². The molecule has 4 heteroatoms. The molecule has 1 aliphatic heterocycles. The van der Waals surface area contributed by atoms with Crippen LogP contribution in [0.5, 0.6) is 0 Å². The van der Waals surface area contributed by atoms with Crippen LogP contribution in [0.2, 0.25) is 0 Å². The molecule has 0 atom stereocenters. The third kappa shape index (κ3) is 4.88. The maximum Gasteiger partial charge on any atom is 0.227 e. The van der Waals surface area contributed by atoms with Crippen molar-refractivity contribution >= 4 is 11.8 Å². The van der Waals surface area contributed by atoms with Gasteiger partial charge in [-0.05, 0) is 24.0 Å². The zero-order valence-electron chi connectivity index (χ0n) is 12.7. The molecule has 0 saturated carbocycles. The van der Waals surface area contributed by atoms with E-state index < -0.39 is 0 Å². The maximum atomic E-state index is 12.3. The zero-order chi connectivity index (χ0) is 15.1. The van der Waals surface area contributed by atoms with Crippen molar-refractivity contribution in [3.8, 4) is 0 Å². The summed E-state index contributed by atoms with van der Waals surface area (Å²) < 4.78 is 0. The number of aryl methyl sites for hydroxylation is 1. The van der Waals surface area contributed by atoms with Gasteiger partial charge in [-0.3, -0.25) is 9.59 Å². The molecular formula is C17H24N2O2. The van der Waals surface area contributed by atoms with Crippen molar-refractivity contribution in [2.24, 2.45) is 0 Å². The minimum atomic E-state index is 0.0329. The third-order valence-electron chi connectivity index (χ3n) is 3.86. The summed E-state index contributed by atoms with van der Waals surface area (Å²) in [6, 6.07) is 8.33.